The number of hydrogen-bond donors (Lipinski definition) is 2. The van der Waals surface area contributed by atoms with E-state index in [2.05, 4.69) is 24.0 Å². The van der Waals surface area contributed by atoms with E-state index in [1.165, 1.54) is 12.1 Å². The van der Waals surface area contributed by atoms with Crippen LogP contribution in [-0.2, 0) is 6.54 Å². The number of aromatic nitrogens is 2. The molecule has 11 heteroatoms. The summed E-state index contributed by atoms with van der Waals surface area (Å²) in [5, 5.41) is 0. The Morgan fingerprint density at radius 3 is 2.31 bits per heavy atom. The maximum atomic E-state index is 15.4. The monoisotopic (exact) mass is 635 g/mol. The molecule has 0 spiro atoms. The Morgan fingerprint density at radius 2 is 1.67 bits per heavy atom. The molecule has 45 heavy (non-hydrogen) atoms. The van der Waals surface area contributed by atoms with Gasteiger partial charge in [-0.15, -0.1) is 0 Å². The SMILES string of the molecule is Cc1cc(-c2cnc3cccc(-c4cc(F)c(CN5CCS(O)(O)CC5)c(F)c4)c3n2)ccc1C(=O)N1CCC(N(C)C)CC1. The van der Waals surface area contributed by atoms with Crippen LogP contribution in [0, 0.1) is 18.6 Å². The largest absolute Gasteiger partial charge is 0.339 e. The molecule has 3 heterocycles. The molecule has 1 amide bonds. The van der Waals surface area contributed by atoms with Crippen LogP contribution < -0.4 is 0 Å². The highest BCUT2D eigenvalue weighted by atomic mass is 32.3. The predicted octanol–water partition coefficient (Wildman–Crippen LogP) is 6.28. The quantitative estimate of drug-likeness (QED) is 0.258. The summed E-state index contributed by atoms with van der Waals surface area (Å²) in [4.78, 5) is 28.8. The molecule has 6 rings (SSSR count). The molecular weight excluding hydrogens is 596 g/mol. The number of carbonyl (C=O) groups excluding carboxylic acids is 1. The minimum Gasteiger partial charge on any atom is -0.339 e. The van der Waals surface area contributed by atoms with Crippen molar-refractivity contribution in [3.8, 4) is 22.4 Å². The predicted molar refractivity (Wildman–Crippen MR) is 176 cm³/mol. The van der Waals surface area contributed by atoms with Gasteiger partial charge in [-0.1, -0.05) is 18.2 Å². The fraction of sp³-hybridized carbons (Fsp3) is 0.382. The lowest BCUT2D eigenvalue weighted by atomic mass is 9.99. The Labute approximate surface area is 264 Å². The third-order valence-corrected chi connectivity index (χ3v) is 10.8. The molecule has 0 saturated carbocycles. The molecule has 2 aliphatic heterocycles. The maximum absolute atomic E-state index is 15.4. The summed E-state index contributed by atoms with van der Waals surface area (Å²) in [5.41, 5.74) is 4.89. The second kappa shape index (κ2) is 12.7. The van der Waals surface area contributed by atoms with E-state index < -0.39 is 22.2 Å². The first-order chi connectivity index (χ1) is 21.5. The molecule has 2 aliphatic rings. The van der Waals surface area contributed by atoms with Gasteiger partial charge in [-0.05, 0) is 75.3 Å². The number of fused-ring (bicyclic) bond motifs is 1. The molecule has 0 radical (unpaired) electrons. The van der Waals surface area contributed by atoms with Crippen LogP contribution in [0.1, 0.15) is 34.3 Å². The highest BCUT2D eigenvalue weighted by Crippen LogP contribution is 2.41. The van der Waals surface area contributed by atoms with Crippen molar-refractivity contribution >= 4 is 27.5 Å². The van der Waals surface area contributed by atoms with E-state index in [4.69, 9.17) is 4.98 Å². The van der Waals surface area contributed by atoms with E-state index in [9.17, 15) is 13.9 Å². The minimum atomic E-state index is -2.59. The smallest absolute Gasteiger partial charge is 0.254 e. The molecule has 1 aromatic heterocycles. The number of carbonyl (C=O) groups is 1. The Bertz CT molecular complexity index is 1710. The summed E-state index contributed by atoms with van der Waals surface area (Å²) in [5.74, 6) is -0.873. The Balaban J connectivity index is 1.25. The van der Waals surface area contributed by atoms with Crippen molar-refractivity contribution in [3.63, 3.8) is 0 Å². The van der Waals surface area contributed by atoms with Crippen molar-refractivity contribution in [2.24, 2.45) is 0 Å². The normalized spacial score (nSPS) is 18.4. The average molecular weight is 636 g/mol. The zero-order valence-electron chi connectivity index (χ0n) is 25.8. The van der Waals surface area contributed by atoms with Gasteiger partial charge in [0.2, 0.25) is 0 Å². The van der Waals surface area contributed by atoms with E-state index >= 15 is 8.78 Å². The van der Waals surface area contributed by atoms with Gasteiger partial charge < -0.3 is 9.80 Å². The second-order valence-electron chi connectivity index (χ2n) is 12.4. The first-order valence-electron chi connectivity index (χ1n) is 15.3. The number of likely N-dealkylation sites (tertiary alicyclic amines) is 1. The lowest BCUT2D eigenvalue weighted by Crippen LogP contribution is -2.44. The van der Waals surface area contributed by atoms with Crippen LogP contribution in [0.2, 0.25) is 0 Å². The van der Waals surface area contributed by atoms with E-state index in [-0.39, 0.29) is 29.5 Å². The van der Waals surface area contributed by atoms with Crippen molar-refractivity contribution in [1.82, 2.24) is 24.7 Å². The number of nitrogens with zero attached hydrogens (tertiary/aromatic N) is 5. The molecule has 2 fully saturated rings. The van der Waals surface area contributed by atoms with Crippen LogP contribution in [0.3, 0.4) is 0 Å². The summed E-state index contributed by atoms with van der Waals surface area (Å²) in [6.45, 7) is 4.18. The maximum Gasteiger partial charge on any atom is 0.254 e. The highest BCUT2D eigenvalue weighted by molar-refractivity contribution is 8.24. The van der Waals surface area contributed by atoms with Crippen LogP contribution >= 0.6 is 10.6 Å². The lowest BCUT2D eigenvalue weighted by molar-refractivity contribution is 0.0662. The van der Waals surface area contributed by atoms with Gasteiger partial charge >= 0.3 is 0 Å². The number of hydrogen-bond acceptors (Lipinski definition) is 7. The molecule has 0 atom stereocenters. The third kappa shape index (κ3) is 6.73. The van der Waals surface area contributed by atoms with Crippen LogP contribution in [0.4, 0.5) is 8.78 Å². The van der Waals surface area contributed by atoms with E-state index in [0.717, 1.165) is 37.1 Å². The van der Waals surface area contributed by atoms with Gasteiger partial charge in [-0.25, -0.2) is 13.8 Å². The van der Waals surface area contributed by atoms with Gasteiger partial charge in [-0.3, -0.25) is 23.8 Å². The van der Waals surface area contributed by atoms with E-state index in [0.29, 0.717) is 52.5 Å². The van der Waals surface area contributed by atoms with Crippen molar-refractivity contribution in [2.45, 2.75) is 32.4 Å². The number of amides is 1. The van der Waals surface area contributed by atoms with E-state index in [1.807, 2.05) is 41.0 Å². The molecule has 2 saturated heterocycles. The molecule has 2 N–H and O–H groups in total. The van der Waals surface area contributed by atoms with Crippen LogP contribution in [0.5, 0.6) is 0 Å². The van der Waals surface area contributed by atoms with Gasteiger partial charge in [-0.2, -0.15) is 10.6 Å². The Hall–Kier alpha value is -3.48. The van der Waals surface area contributed by atoms with Gasteiger partial charge in [0.1, 0.15) is 11.6 Å². The average Bonchev–Trinajstić information content (AvgIpc) is 3.02. The number of rotatable bonds is 6. The third-order valence-electron chi connectivity index (χ3n) is 9.11. The number of piperidine rings is 1. The molecule has 3 aromatic carbocycles. The number of para-hydroxylation sites is 1. The molecule has 8 nitrogen and oxygen atoms in total. The topological polar surface area (TPSA) is 93.0 Å². The molecular formula is C34H39F2N5O3S. The second-order valence-corrected chi connectivity index (χ2v) is 14.8. The van der Waals surface area contributed by atoms with Crippen LogP contribution in [0.25, 0.3) is 33.4 Å². The minimum absolute atomic E-state index is 0.0342. The van der Waals surface area contributed by atoms with Crippen molar-refractivity contribution in [1.29, 1.82) is 0 Å². The summed E-state index contributed by atoms with van der Waals surface area (Å²) < 4.78 is 50.4. The van der Waals surface area contributed by atoms with Gasteiger partial charge in [0.25, 0.3) is 5.91 Å². The van der Waals surface area contributed by atoms with Crippen LogP contribution in [0.15, 0.2) is 54.7 Å². The first-order valence-corrected chi connectivity index (χ1v) is 17.1. The van der Waals surface area contributed by atoms with Crippen LogP contribution in [-0.4, -0.2) is 97.5 Å². The molecule has 238 valence electrons. The highest BCUT2D eigenvalue weighted by Gasteiger charge is 2.26. The van der Waals surface area contributed by atoms with Crippen molar-refractivity contribution < 1.29 is 22.7 Å². The zero-order chi connectivity index (χ0) is 31.9. The first kappa shape index (κ1) is 31.5. The van der Waals surface area contributed by atoms with Crippen molar-refractivity contribution in [3.05, 3.63) is 83.1 Å². The zero-order valence-corrected chi connectivity index (χ0v) is 26.7. The lowest BCUT2D eigenvalue weighted by Gasteiger charge is -2.41. The number of aryl methyl sites for hydroxylation is 1. The summed E-state index contributed by atoms with van der Waals surface area (Å²) in [7, 11) is 1.56. The molecule has 4 aromatic rings. The fourth-order valence-corrected chi connectivity index (χ4v) is 7.58. The summed E-state index contributed by atoms with van der Waals surface area (Å²) in [6.07, 6.45) is 3.58. The fourth-order valence-electron chi connectivity index (χ4n) is 6.28. The van der Waals surface area contributed by atoms with Gasteiger partial charge in [0.05, 0.1) is 34.4 Å². The number of benzene rings is 3. The van der Waals surface area contributed by atoms with E-state index in [1.54, 1.807) is 18.3 Å². The van der Waals surface area contributed by atoms with Gasteiger partial charge in [0.15, 0.2) is 0 Å². The molecule has 0 bridgehead atoms. The molecule has 0 aliphatic carbocycles. The molecule has 0 unspecified atom stereocenters. The Kier molecular flexibility index (Phi) is 8.91. The van der Waals surface area contributed by atoms with Gasteiger partial charge in [0, 0.05) is 61.0 Å². The Morgan fingerprint density at radius 1 is 0.978 bits per heavy atom. The van der Waals surface area contributed by atoms with Crippen molar-refractivity contribution in [2.75, 3.05) is 51.8 Å². The summed E-state index contributed by atoms with van der Waals surface area (Å²) in [6, 6.07) is 14.2. The standard InChI is InChI=1S/C34H39F2N5O3S/c1-22-17-23(7-8-26(22)34(42)41-11-9-25(10-12-41)39(2)3)32-20-37-31-6-4-5-27(33(31)38-32)24-18-29(35)28(30(36)19-24)21-40-13-15-45(43,44)16-14-40/h4-8,17-20,25,43-44H,9-16,21H2,1-3H3. The number of halogens is 2. The summed E-state index contributed by atoms with van der Waals surface area (Å²) >= 11 is 0.